The molecule has 20 heavy (non-hydrogen) atoms. The molecule has 0 fully saturated rings. The van der Waals surface area contributed by atoms with E-state index in [9.17, 15) is 5.11 Å². The number of aliphatic hydroxyl groups is 1. The van der Waals surface area contributed by atoms with Gasteiger partial charge in [-0.15, -0.1) is 0 Å². The molecule has 0 spiro atoms. The first-order valence-corrected chi connectivity index (χ1v) is 7.34. The highest BCUT2D eigenvalue weighted by Crippen LogP contribution is 2.30. The summed E-state index contributed by atoms with van der Waals surface area (Å²) in [6.45, 7) is 12.8. The van der Waals surface area contributed by atoms with Crippen molar-refractivity contribution in [3.05, 3.63) is 23.0 Å². The summed E-state index contributed by atoms with van der Waals surface area (Å²) in [7, 11) is 1.68. The van der Waals surface area contributed by atoms with Crippen LogP contribution in [0.15, 0.2) is 6.20 Å². The van der Waals surface area contributed by atoms with Gasteiger partial charge >= 0.3 is 0 Å². The summed E-state index contributed by atoms with van der Waals surface area (Å²) in [5.41, 5.74) is 3.22. The Morgan fingerprint density at radius 3 is 2.40 bits per heavy atom. The highest BCUT2D eigenvalue weighted by molar-refractivity contribution is 5.41. The van der Waals surface area contributed by atoms with Crippen LogP contribution in [0.3, 0.4) is 0 Å². The molecule has 1 heterocycles. The number of methoxy groups -OCH3 is 1. The number of ether oxygens (including phenoxy) is 1. The lowest BCUT2D eigenvalue weighted by Crippen LogP contribution is -2.24. The highest BCUT2D eigenvalue weighted by atomic mass is 16.5. The summed E-state index contributed by atoms with van der Waals surface area (Å²) in [5.74, 6) is 1.34. The lowest BCUT2D eigenvalue weighted by Gasteiger charge is -2.29. The number of pyridine rings is 1. The molecule has 0 radical (unpaired) electrons. The minimum atomic E-state index is -0.358. The molecule has 2 atom stereocenters. The van der Waals surface area contributed by atoms with Gasteiger partial charge in [-0.3, -0.25) is 4.98 Å². The molecule has 0 bridgehead atoms. The average Bonchev–Trinajstić information content (AvgIpc) is 2.32. The van der Waals surface area contributed by atoms with Crippen LogP contribution < -0.4 is 4.74 Å². The van der Waals surface area contributed by atoms with Gasteiger partial charge in [0.25, 0.3) is 0 Å². The van der Waals surface area contributed by atoms with Crippen LogP contribution in [0, 0.1) is 25.2 Å². The van der Waals surface area contributed by atoms with Crippen molar-refractivity contribution in [2.75, 3.05) is 7.11 Å². The zero-order valence-corrected chi connectivity index (χ0v) is 13.9. The van der Waals surface area contributed by atoms with Crippen LogP contribution in [0.25, 0.3) is 0 Å². The summed E-state index contributed by atoms with van der Waals surface area (Å²) in [4.78, 5) is 4.46. The third-order valence-corrected chi connectivity index (χ3v) is 4.28. The van der Waals surface area contributed by atoms with Crippen molar-refractivity contribution in [1.29, 1.82) is 0 Å². The maximum absolute atomic E-state index is 10.3. The Labute approximate surface area is 123 Å². The summed E-state index contributed by atoms with van der Waals surface area (Å²) in [6.07, 6.45) is 2.84. The quantitative estimate of drug-likeness (QED) is 0.894. The van der Waals surface area contributed by atoms with E-state index < -0.39 is 0 Å². The summed E-state index contributed by atoms with van der Waals surface area (Å²) >= 11 is 0. The normalized spacial score (nSPS) is 15.0. The molecule has 0 amide bonds. The summed E-state index contributed by atoms with van der Waals surface area (Å²) in [5, 5.41) is 10.3. The first-order chi connectivity index (χ1) is 9.16. The molecule has 1 aromatic heterocycles. The van der Waals surface area contributed by atoms with Gasteiger partial charge in [0.15, 0.2) is 0 Å². The van der Waals surface area contributed by atoms with Crippen LogP contribution in [-0.4, -0.2) is 23.3 Å². The van der Waals surface area contributed by atoms with Gasteiger partial charge in [0.2, 0.25) is 0 Å². The molecular weight excluding hydrogens is 250 g/mol. The second-order valence-electron chi connectivity index (χ2n) is 6.91. The number of aromatic nitrogens is 1. The first-order valence-electron chi connectivity index (χ1n) is 7.34. The molecule has 0 saturated heterocycles. The SMILES string of the molecule is COc1c(C)cnc(CC(O)CC(C)C(C)(C)C)c1C. The predicted octanol–water partition coefficient (Wildman–Crippen LogP) is 3.68. The van der Waals surface area contributed by atoms with E-state index in [0.717, 1.165) is 29.0 Å². The number of nitrogens with zero attached hydrogens (tertiary/aromatic N) is 1. The Morgan fingerprint density at radius 2 is 1.90 bits per heavy atom. The Balaban J connectivity index is 2.79. The molecule has 0 aliphatic heterocycles. The maximum Gasteiger partial charge on any atom is 0.128 e. The standard InChI is InChI=1S/C17H29NO2/c1-11-10-18-15(13(3)16(11)20-7)9-14(19)8-12(2)17(4,5)6/h10,12,14,19H,8-9H2,1-7H3. The van der Waals surface area contributed by atoms with Gasteiger partial charge in [0.05, 0.1) is 13.2 Å². The van der Waals surface area contributed by atoms with Crippen LogP contribution in [0.5, 0.6) is 5.75 Å². The van der Waals surface area contributed by atoms with Crippen LogP contribution in [0.4, 0.5) is 0 Å². The third-order valence-electron chi connectivity index (χ3n) is 4.28. The second-order valence-corrected chi connectivity index (χ2v) is 6.91. The minimum Gasteiger partial charge on any atom is -0.496 e. The smallest absolute Gasteiger partial charge is 0.128 e. The zero-order chi connectivity index (χ0) is 15.5. The van der Waals surface area contributed by atoms with E-state index in [4.69, 9.17) is 4.74 Å². The largest absolute Gasteiger partial charge is 0.496 e. The lowest BCUT2D eigenvalue weighted by atomic mass is 9.78. The number of hydrogen-bond acceptors (Lipinski definition) is 3. The van der Waals surface area contributed by atoms with E-state index in [1.807, 2.05) is 20.0 Å². The Kier molecular flexibility index (Phi) is 5.58. The van der Waals surface area contributed by atoms with Gasteiger partial charge in [0, 0.05) is 29.4 Å². The Morgan fingerprint density at radius 1 is 1.30 bits per heavy atom. The van der Waals surface area contributed by atoms with Crippen molar-refractivity contribution in [1.82, 2.24) is 4.98 Å². The molecule has 0 saturated carbocycles. The highest BCUT2D eigenvalue weighted by Gasteiger charge is 2.23. The molecule has 1 rings (SSSR count). The van der Waals surface area contributed by atoms with E-state index in [1.165, 1.54) is 0 Å². The molecule has 1 N–H and O–H groups in total. The fourth-order valence-electron chi connectivity index (χ4n) is 2.35. The topological polar surface area (TPSA) is 42.4 Å². The second kappa shape index (κ2) is 6.57. The molecule has 0 aliphatic rings. The molecule has 0 aromatic carbocycles. The predicted molar refractivity (Wildman–Crippen MR) is 83.2 cm³/mol. The number of rotatable bonds is 5. The van der Waals surface area contributed by atoms with Gasteiger partial charge in [0.1, 0.15) is 5.75 Å². The molecule has 3 heteroatoms. The van der Waals surface area contributed by atoms with Gasteiger partial charge in [-0.2, -0.15) is 0 Å². The number of aryl methyl sites for hydroxylation is 1. The fraction of sp³-hybridized carbons (Fsp3) is 0.706. The fourth-order valence-corrected chi connectivity index (χ4v) is 2.35. The van der Waals surface area contributed by atoms with Crippen molar-refractivity contribution in [2.45, 2.75) is 60.5 Å². The zero-order valence-electron chi connectivity index (χ0n) is 13.9. The molecule has 0 aliphatic carbocycles. The third kappa shape index (κ3) is 4.20. The van der Waals surface area contributed by atoms with Gasteiger partial charge in [-0.25, -0.2) is 0 Å². The van der Waals surface area contributed by atoms with Gasteiger partial charge in [-0.1, -0.05) is 27.7 Å². The van der Waals surface area contributed by atoms with Crippen LogP contribution in [0.2, 0.25) is 0 Å². The van der Waals surface area contributed by atoms with Crippen molar-refractivity contribution in [2.24, 2.45) is 11.3 Å². The van der Waals surface area contributed by atoms with Crippen molar-refractivity contribution < 1.29 is 9.84 Å². The van der Waals surface area contributed by atoms with Gasteiger partial charge < -0.3 is 9.84 Å². The van der Waals surface area contributed by atoms with E-state index >= 15 is 0 Å². The van der Waals surface area contributed by atoms with E-state index in [2.05, 4.69) is 32.7 Å². The molecule has 1 aromatic rings. The Hall–Kier alpha value is -1.09. The maximum atomic E-state index is 10.3. The lowest BCUT2D eigenvalue weighted by molar-refractivity contribution is 0.109. The molecule has 3 nitrogen and oxygen atoms in total. The first kappa shape index (κ1) is 17.0. The molecular formula is C17H29NO2. The number of aliphatic hydroxyl groups excluding tert-OH is 1. The van der Waals surface area contributed by atoms with Crippen LogP contribution in [0.1, 0.15) is 50.9 Å². The molecule has 2 unspecified atom stereocenters. The van der Waals surface area contributed by atoms with E-state index in [-0.39, 0.29) is 11.5 Å². The van der Waals surface area contributed by atoms with Crippen LogP contribution in [-0.2, 0) is 6.42 Å². The van der Waals surface area contributed by atoms with Crippen molar-refractivity contribution in [3.63, 3.8) is 0 Å². The van der Waals surface area contributed by atoms with Crippen LogP contribution >= 0.6 is 0 Å². The summed E-state index contributed by atoms with van der Waals surface area (Å²) < 4.78 is 5.41. The van der Waals surface area contributed by atoms with E-state index in [0.29, 0.717) is 12.3 Å². The van der Waals surface area contributed by atoms with Crippen molar-refractivity contribution in [3.8, 4) is 5.75 Å². The monoisotopic (exact) mass is 279 g/mol. The van der Waals surface area contributed by atoms with E-state index in [1.54, 1.807) is 7.11 Å². The number of hydrogen-bond donors (Lipinski definition) is 1. The minimum absolute atomic E-state index is 0.217. The average molecular weight is 279 g/mol. The Bertz CT molecular complexity index is 449. The van der Waals surface area contributed by atoms with Crippen molar-refractivity contribution >= 4 is 0 Å². The molecule has 114 valence electrons. The van der Waals surface area contributed by atoms with Gasteiger partial charge in [-0.05, 0) is 31.6 Å². The summed E-state index contributed by atoms with van der Waals surface area (Å²) in [6, 6.07) is 0.